The normalized spacial score (nSPS) is 18.9. The highest BCUT2D eigenvalue weighted by Crippen LogP contribution is 2.28. The fourth-order valence-corrected chi connectivity index (χ4v) is 3.74. The van der Waals surface area contributed by atoms with Crippen molar-refractivity contribution in [3.63, 3.8) is 0 Å². The SMILES string of the molecule is O=CCCCN1CCC(C(=O)O)CC1CNC(=O)c1cc(OCC(F)(F)F)ccc1OCC(F)(F)F. The lowest BCUT2D eigenvalue weighted by atomic mass is 9.90. The van der Waals surface area contributed by atoms with Gasteiger partial charge < -0.3 is 24.7 Å². The van der Waals surface area contributed by atoms with E-state index in [9.17, 15) is 45.8 Å². The monoisotopic (exact) mass is 528 g/mol. The Labute approximate surface area is 202 Å². The number of nitrogens with one attached hydrogen (secondary N) is 1. The summed E-state index contributed by atoms with van der Waals surface area (Å²) in [5, 5.41) is 11.9. The number of hydrogen-bond donors (Lipinski definition) is 2. The van der Waals surface area contributed by atoms with E-state index < -0.39 is 66.5 Å². The molecule has 2 N–H and O–H groups in total. The number of amides is 1. The van der Waals surface area contributed by atoms with Gasteiger partial charge in [0.25, 0.3) is 5.91 Å². The average Bonchev–Trinajstić information content (AvgIpc) is 2.79. The molecule has 1 heterocycles. The van der Waals surface area contributed by atoms with Gasteiger partial charge in [-0.1, -0.05) is 0 Å². The first-order chi connectivity index (χ1) is 16.8. The van der Waals surface area contributed by atoms with E-state index in [1.54, 1.807) is 0 Å². The molecule has 1 fully saturated rings. The number of benzene rings is 1. The molecular formula is C22H26F6N2O6. The Kier molecular flexibility index (Phi) is 10.4. The van der Waals surface area contributed by atoms with Gasteiger partial charge in [-0.2, -0.15) is 26.3 Å². The minimum atomic E-state index is -4.73. The summed E-state index contributed by atoms with van der Waals surface area (Å²) < 4.78 is 84.5. The third-order valence-electron chi connectivity index (χ3n) is 5.44. The van der Waals surface area contributed by atoms with Crippen LogP contribution in [0.2, 0.25) is 0 Å². The molecule has 0 aliphatic carbocycles. The van der Waals surface area contributed by atoms with Crippen LogP contribution in [0.15, 0.2) is 18.2 Å². The Balaban J connectivity index is 2.18. The molecule has 0 spiro atoms. The molecule has 2 rings (SSSR count). The Hall–Kier alpha value is -3.03. The maximum atomic E-state index is 12.8. The molecule has 1 aliphatic heterocycles. The van der Waals surface area contributed by atoms with E-state index in [2.05, 4.69) is 14.8 Å². The Morgan fingerprint density at radius 1 is 1.11 bits per heavy atom. The van der Waals surface area contributed by atoms with Crippen LogP contribution in [0.4, 0.5) is 26.3 Å². The second-order valence-electron chi connectivity index (χ2n) is 8.23. The van der Waals surface area contributed by atoms with Gasteiger partial charge in [-0.25, -0.2) is 0 Å². The van der Waals surface area contributed by atoms with Crippen LogP contribution in [0, 0.1) is 5.92 Å². The highest BCUT2D eigenvalue weighted by Gasteiger charge is 2.33. The van der Waals surface area contributed by atoms with Crippen LogP contribution < -0.4 is 14.8 Å². The molecule has 8 nitrogen and oxygen atoms in total. The number of carbonyl (C=O) groups excluding carboxylic acids is 2. The van der Waals surface area contributed by atoms with Crippen molar-refractivity contribution in [1.29, 1.82) is 0 Å². The van der Waals surface area contributed by atoms with Crippen LogP contribution in [0.25, 0.3) is 0 Å². The minimum absolute atomic E-state index is 0.0873. The summed E-state index contributed by atoms with van der Waals surface area (Å²) in [6, 6.07) is 2.25. The van der Waals surface area contributed by atoms with E-state index in [-0.39, 0.29) is 13.0 Å². The predicted molar refractivity (Wildman–Crippen MR) is 113 cm³/mol. The number of rotatable bonds is 12. The van der Waals surface area contributed by atoms with Gasteiger partial charge in [0.2, 0.25) is 0 Å². The number of halogens is 6. The fraction of sp³-hybridized carbons (Fsp3) is 0.591. The summed E-state index contributed by atoms with van der Waals surface area (Å²) in [7, 11) is 0. The Morgan fingerprint density at radius 3 is 2.39 bits per heavy atom. The second kappa shape index (κ2) is 12.8. The molecule has 0 saturated carbocycles. The van der Waals surface area contributed by atoms with Crippen molar-refractivity contribution in [3.8, 4) is 11.5 Å². The van der Waals surface area contributed by atoms with Crippen molar-refractivity contribution in [2.24, 2.45) is 5.92 Å². The highest BCUT2D eigenvalue weighted by molar-refractivity contribution is 5.97. The third-order valence-corrected chi connectivity index (χ3v) is 5.44. The lowest BCUT2D eigenvalue weighted by Gasteiger charge is -2.38. The number of likely N-dealkylation sites (tertiary alicyclic amines) is 1. The number of alkyl halides is 6. The lowest BCUT2D eigenvalue weighted by molar-refractivity contribution is -0.154. The zero-order valence-corrected chi connectivity index (χ0v) is 19.0. The van der Waals surface area contributed by atoms with Gasteiger partial charge in [0.1, 0.15) is 17.8 Å². The molecule has 1 aromatic carbocycles. The number of aldehydes is 1. The van der Waals surface area contributed by atoms with E-state index in [4.69, 9.17) is 0 Å². The van der Waals surface area contributed by atoms with Gasteiger partial charge in [0, 0.05) is 19.0 Å². The summed E-state index contributed by atoms with van der Waals surface area (Å²) in [4.78, 5) is 36.8. The highest BCUT2D eigenvalue weighted by atomic mass is 19.4. The predicted octanol–water partition coefficient (Wildman–Crippen LogP) is 3.44. The van der Waals surface area contributed by atoms with Gasteiger partial charge in [-0.3, -0.25) is 14.5 Å². The average molecular weight is 528 g/mol. The number of carbonyl (C=O) groups is 3. The molecule has 1 amide bonds. The summed E-state index contributed by atoms with van der Waals surface area (Å²) in [5.74, 6) is -3.53. The van der Waals surface area contributed by atoms with Crippen LogP contribution in [-0.4, -0.2) is 79.4 Å². The number of unbranched alkanes of at least 4 members (excludes halogenated alkanes) is 1. The first-order valence-electron chi connectivity index (χ1n) is 11.0. The van der Waals surface area contributed by atoms with Crippen LogP contribution >= 0.6 is 0 Å². The number of carboxylic acids is 1. The largest absolute Gasteiger partial charge is 0.484 e. The molecule has 36 heavy (non-hydrogen) atoms. The quantitative estimate of drug-likeness (QED) is 0.243. The number of hydrogen-bond acceptors (Lipinski definition) is 6. The van der Waals surface area contributed by atoms with E-state index >= 15 is 0 Å². The molecule has 202 valence electrons. The Bertz CT molecular complexity index is 908. The van der Waals surface area contributed by atoms with E-state index in [1.165, 1.54) is 0 Å². The van der Waals surface area contributed by atoms with Crippen molar-refractivity contribution in [3.05, 3.63) is 23.8 Å². The number of nitrogens with zero attached hydrogens (tertiary/aromatic N) is 1. The standard InChI is InChI=1S/C22H26F6N2O6/c23-21(24,25)12-35-16-3-4-18(36-13-22(26,27)28)17(10-16)19(32)29-11-15-9-14(20(33)34)5-7-30(15)6-1-2-8-31/h3-4,8,10,14-15H,1-2,5-7,9,11-13H2,(H,29,32)(H,33,34). The molecule has 0 radical (unpaired) electrons. The van der Waals surface area contributed by atoms with Crippen molar-refractivity contribution >= 4 is 18.2 Å². The first kappa shape index (κ1) is 29.2. The molecule has 0 bridgehead atoms. The van der Waals surface area contributed by atoms with Crippen molar-refractivity contribution in [2.75, 3.05) is 32.8 Å². The fourth-order valence-electron chi connectivity index (χ4n) is 3.74. The smallest absolute Gasteiger partial charge is 0.422 e. The molecular weight excluding hydrogens is 502 g/mol. The molecule has 2 unspecified atom stereocenters. The zero-order valence-electron chi connectivity index (χ0n) is 19.0. The van der Waals surface area contributed by atoms with Gasteiger partial charge in [-0.15, -0.1) is 0 Å². The lowest BCUT2D eigenvalue weighted by Crippen LogP contribution is -2.50. The summed E-state index contributed by atoms with van der Waals surface area (Å²) >= 11 is 0. The molecule has 1 saturated heterocycles. The number of piperidine rings is 1. The van der Waals surface area contributed by atoms with Crippen LogP contribution in [0.5, 0.6) is 11.5 Å². The minimum Gasteiger partial charge on any atom is -0.484 e. The number of carboxylic acid groups (broad SMARTS) is 1. The topological polar surface area (TPSA) is 105 Å². The molecule has 1 aromatic rings. The van der Waals surface area contributed by atoms with Crippen LogP contribution in [0.3, 0.4) is 0 Å². The summed E-state index contributed by atoms with van der Waals surface area (Å²) in [6.07, 6.45) is -7.30. The number of aliphatic carboxylic acids is 1. The van der Waals surface area contributed by atoms with Gasteiger partial charge in [-0.05, 0) is 50.6 Å². The van der Waals surface area contributed by atoms with Crippen molar-refractivity contribution in [1.82, 2.24) is 10.2 Å². The molecule has 2 atom stereocenters. The van der Waals surface area contributed by atoms with Gasteiger partial charge in [0.15, 0.2) is 13.2 Å². The van der Waals surface area contributed by atoms with E-state index in [0.717, 1.165) is 24.5 Å². The molecule has 14 heteroatoms. The van der Waals surface area contributed by atoms with Crippen LogP contribution in [-0.2, 0) is 9.59 Å². The molecule has 1 aliphatic rings. The summed E-state index contributed by atoms with van der Waals surface area (Å²) in [5.41, 5.74) is -0.475. The first-order valence-corrected chi connectivity index (χ1v) is 11.0. The summed E-state index contributed by atoms with van der Waals surface area (Å²) in [6.45, 7) is -2.63. The Morgan fingerprint density at radius 2 is 1.78 bits per heavy atom. The zero-order chi connectivity index (χ0) is 26.9. The van der Waals surface area contributed by atoms with Gasteiger partial charge >= 0.3 is 18.3 Å². The van der Waals surface area contributed by atoms with Crippen molar-refractivity contribution in [2.45, 2.75) is 44.1 Å². The number of ether oxygens (including phenoxy) is 2. The van der Waals surface area contributed by atoms with E-state index in [1.807, 2.05) is 4.90 Å². The van der Waals surface area contributed by atoms with E-state index in [0.29, 0.717) is 32.4 Å². The van der Waals surface area contributed by atoms with Crippen LogP contribution in [0.1, 0.15) is 36.0 Å². The maximum Gasteiger partial charge on any atom is 0.422 e. The maximum absolute atomic E-state index is 12.8. The second-order valence-corrected chi connectivity index (χ2v) is 8.23. The molecule has 0 aromatic heterocycles. The third kappa shape index (κ3) is 9.91. The van der Waals surface area contributed by atoms with Gasteiger partial charge in [0.05, 0.1) is 11.5 Å². The van der Waals surface area contributed by atoms with Crippen molar-refractivity contribution < 1.29 is 55.3 Å².